The number of nitrogens with one attached hydrogen (secondary N) is 1. The predicted octanol–water partition coefficient (Wildman–Crippen LogP) is 3.86. The van der Waals surface area contributed by atoms with Crippen molar-refractivity contribution >= 4 is 23.0 Å². The van der Waals surface area contributed by atoms with Crippen LogP contribution in [-0.2, 0) is 11.2 Å². The van der Waals surface area contributed by atoms with Crippen molar-refractivity contribution in [1.82, 2.24) is 0 Å². The quantitative estimate of drug-likeness (QED) is 0.301. The molecule has 0 saturated heterocycles. The van der Waals surface area contributed by atoms with Crippen molar-refractivity contribution in [1.29, 1.82) is 0 Å². The summed E-state index contributed by atoms with van der Waals surface area (Å²) in [6, 6.07) is 14.4. The summed E-state index contributed by atoms with van der Waals surface area (Å²) >= 11 is 0. The summed E-state index contributed by atoms with van der Waals surface area (Å²) in [6.07, 6.45) is -3.38. The Morgan fingerprint density at radius 1 is 1.19 bits per heavy atom. The largest absolute Gasteiger partial charge is 0.490 e. The summed E-state index contributed by atoms with van der Waals surface area (Å²) in [5.74, 6) is -2.76. The summed E-state index contributed by atoms with van der Waals surface area (Å²) in [6.45, 7) is 0.798. The van der Waals surface area contributed by atoms with Gasteiger partial charge in [-0.05, 0) is 36.6 Å². The zero-order valence-electron chi connectivity index (χ0n) is 14.1. The summed E-state index contributed by atoms with van der Waals surface area (Å²) in [7, 11) is 0. The van der Waals surface area contributed by atoms with Gasteiger partial charge in [-0.15, -0.1) is 0 Å². The lowest BCUT2D eigenvalue weighted by molar-refractivity contribution is -0.384. The standard InChI is InChI=1S/C15H17N3O2.C2HF3O2/c16-13-6-2-7-14(11-13)17-9-3-5-12-4-1-8-15(10-12)18(19)20;3-2(4,5)1(6)7/h1-2,4,6-8,10-11,17H,3,5,9,16H2;(H,6,7). The third kappa shape index (κ3) is 8.56. The Balaban J connectivity index is 0.000000445. The second-order valence-electron chi connectivity index (χ2n) is 5.39. The van der Waals surface area contributed by atoms with E-state index in [0.717, 1.165) is 36.3 Å². The molecule has 0 aliphatic rings. The van der Waals surface area contributed by atoms with Crippen LogP contribution >= 0.6 is 0 Å². The van der Waals surface area contributed by atoms with Crippen molar-refractivity contribution in [2.45, 2.75) is 19.0 Å². The first-order chi connectivity index (χ1) is 12.6. The third-order valence-electron chi connectivity index (χ3n) is 3.22. The van der Waals surface area contributed by atoms with Gasteiger partial charge in [0.25, 0.3) is 5.69 Å². The number of nitrogens with two attached hydrogens (primary N) is 1. The average Bonchev–Trinajstić information content (AvgIpc) is 2.59. The molecule has 0 fully saturated rings. The van der Waals surface area contributed by atoms with Crippen LogP contribution in [-0.4, -0.2) is 28.7 Å². The van der Waals surface area contributed by atoms with E-state index >= 15 is 0 Å². The number of nitrogens with zero attached hydrogens (tertiary/aromatic N) is 1. The van der Waals surface area contributed by atoms with Gasteiger partial charge in [-0.25, -0.2) is 4.79 Å². The molecule has 2 aromatic rings. The lowest BCUT2D eigenvalue weighted by Crippen LogP contribution is -2.21. The van der Waals surface area contributed by atoms with E-state index in [0.29, 0.717) is 0 Å². The van der Waals surface area contributed by atoms with Gasteiger partial charge in [0, 0.05) is 30.1 Å². The Bertz CT molecular complexity index is 782. The fourth-order valence-corrected chi connectivity index (χ4v) is 2.00. The van der Waals surface area contributed by atoms with Crippen LogP contribution in [0.2, 0.25) is 0 Å². The number of nitro groups is 1. The van der Waals surface area contributed by atoms with Gasteiger partial charge in [0.05, 0.1) is 4.92 Å². The minimum Gasteiger partial charge on any atom is -0.475 e. The number of aliphatic carboxylic acids is 1. The van der Waals surface area contributed by atoms with Gasteiger partial charge in [-0.3, -0.25) is 10.1 Å². The molecule has 0 spiro atoms. The molecule has 146 valence electrons. The highest BCUT2D eigenvalue weighted by Crippen LogP contribution is 2.15. The minimum atomic E-state index is -5.08. The Kier molecular flexibility index (Phi) is 8.05. The number of hydrogen-bond donors (Lipinski definition) is 3. The van der Waals surface area contributed by atoms with Crippen LogP contribution < -0.4 is 11.1 Å². The highest BCUT2D eigenvalue weighted by molar-refractivity contribution is 5.73. The number of aryl methyl sites for hydroxylation is 1. The SMILES string of the molecule is Nc1cccc(NCCCc2cccc([N+](=O)[O-])c2)c1.O=C(O)C(F)(F)F. The van der Waals surface area contributed by atoms with E-state index in [4.69, 9.17) is 15.6 Å². The first kappa shape index (κ1) is 21.7. The van der Waals surface area contributed by atoms with E-state index in [1.807, 2.05) is 30.3 Å². The molecule has 10 heteroatoms. The molecule has 7 nitrogen and oxygen atoms in total. The van der Waals surface area contributed by atoms with Crippen LogP contribution in [0, 0.1) is 10.1 Å². The van der Waals surface area contributed by atoms with Crippen LogP contribution in [0.5, 0.6) is 0 Å². The number of non-ortho nitro benzene ring substituents is 1. The number of alkyl halides is 3. The summed E-state index contributed by atoms with van der Waals surface area (Å²) in [5.41, 5.74) is 8.54. The molecule has 2 aromatic carbocycles. The molecule has 0 saturated carbocycles. The molecule has 0 aliphatic carbocycles. The summed E-state index contributed by atoms with van der Waals surface area (Å²) in [5, 5.41) is 21.1. The highest BCUT2D eigenvalue weighted by atomic mass is 19.4. The van der Waals surface area contributed by atoms with Crippen molar-refractivity contribution < 1.29 is 28.0 Å². The zero-order valence-corrected chi connectivity index (χ0v) is 14.1. The van der Waals surface area contributed by atoms with Crippen LogP contribution in [0.25, 0.3) is 0 Å². The highest BCUT2D eigenvalue weighted by Gasteiger charge is 2.38. The van der Waals surface area contributed by atoms with Crippen molar-refractivity contribution in [2.24, 2.45) is 0 Å². The van der Waals surface area contributed by atoms with E-state index in [2.05, 4.69) is 5.32 Å². The molecule has 0 aliphatic heterocycles. The molecule has 0 unspecified atom stereocenters. The van der Waals surface area contributed by atoms with Gasteiger partial charge in [0.1, 0.15) is 0 Å². The molecule has 0 bridgehead atoms. The van der Waals surface area contributed by atoms with E-state index in [1.165, 1.54) is 6.07 Å². The molecule has 4 N–H and O–H groups in total. The monoisotopic (exact) mass is 385 g/mol. The normalized spacial score (nSPS) is 10.5. The number of anilines is 2. The van der Waals surface area contributed by atoms with Crippen molar-refractivity contribution in [2.75, 3.05) is 17.6 Å². The number of carboxylic acid groups (broad SMARTS) is 1. The second-order valence-corrected chi connectivity index (χ2v) is 5.39. The van der Waals surface area contributed by atoms with Crippen molar-refractivity contribution in [3.8, 4) is 0 Å². The van der Waals surface area contributed by atoms with E-state index in [-0.39, 0.29) is 10.6 Å². The van der Waals surface area contributed by atoms with Gasteiger partial charge in [0.15, 0.2) is 0 Å². The average molecular weight is 385 g/mol. The molecular weight excluding hydrogens is 367 g/mol. The Hall–Kier alpha value is -3.30. The number of benzene rings is 2. The molecule has 0 aromatic heterocycles. The number of nitro benzene ring substituents is 1. The van der Waals surface area contributed by atoms with Crippen LogP contribution in [0.1, 0.15) is 12.0 Å². The summed E-state index contributed by atoms with van der Waals surface area (Å²) in [4.78, 5) is 19.2. The molecular formula is C17H18F3N3O4. The number of carbonyl (C=O) groups is 1. The van der Waals surface area contributed by atoms with Gasteiger partial charge in [-0.1, -0.05) is 18.2 Å². The first-order valence-corrected chi connectivity index (χ1v) is 7.72. The van der Waals surface area contributed by atoms with E-state index < -0.39 is 12.1 Å². The number of carboxylic acids is 1. The lowest BCUT2D eigenvalue weighted by Gasteiger charge is -2.07. The van der Waals surface area contributed by atoms with Crippen molar-refractivity contribution in [3.63, 3.8) is 0 Å². The molecule has 0 amide bonds. The number of halogens is 3. The fraction of sp³-hybridized carbons (Fsp3) is 0.235. The smallest absolute Gasteiger partial charge is 0.475 e. The number of rotatable bonds is 6. The van der Waals surface area contributed by atoms with E-state index in [9.17, 15) is 23.3 Å². The minimum absolute atomic E-state index is 0.145. The maximum atomic E-state index is 10.7. The topological polar surface area (TPSA) is 118 Å². The number of hydrogen-bond acceptors (Lipinski definition) is 5. The van der Waals surface area contributed by atoms with E-state index in [1.54, 1.807) is 12.1 Å². The Morgan fingerprint density at radius 2 is 1.81 bits per heavy atom. The zero-order chi connectivity index (χ0) is 20.4. The van der Waals surface area contributed by atoms with Gasteiger partial charge < -0.3 is 16.2 Å². The molecule has 0 atom stereocenters. The maximum absolute atomic E-state index is 10.7. The first-order valence-electron chi connectivity index (χ1n) is 7.72. The lowest BCUT2D eigenvalue weighted by atomic mass is 10.1. The van der Waals surface area contributed by atoms with Gasteiger partial charge in [-0.2, -0.15) is 13.2 Å². The molecule has 27 heavy (non-hydrogen) atoms. The van der Waals surface area contributed by atoms with Gasteiger partial charge in [0.2, 0.25) is 0 Å². The van der Waals surface area contributed by atoms with Crippen LogP contribution in [0.3, 0.4) is 0 Å². The van der Waals surface area contributed by atoms with Crippen molar-refractivity contribution in [3.05, 3.63) is 64.2 Å². The number of nitrogen functional groups attached to an aromatic ring is 1. The maximum Gasteiger partial charge on any atom is 0.490 e. The molecule has 0 heterocycles. The van der Waals surface area contributed by atoms with Crippen LogP contribution in [0.4, 0.5) is 30.2 Å². The Morgan fingerprint density at radius 3 is 2.37 bits per heavy atom. The fourth-order valence-electron chi connectivity index (χ4n) is 2.00. The third-order valence-corrected chi connectivity index (χ3v) is 3.22. The van der Waals surface area contributed by atoms with Gasteiger partial charge >= 0.3 is 12.1 Å². The second kappa shape index (κ2) is 10.00. The Labute approximate surface area is 152 Å². The summed E-state index contributed by atoms with van der Waals surface area (Å²) < 4.78 is 31.7. The van der Waals surface area contributed by atoms with Crippen LogP contribution in [0.15, 0.2) is 48.5 Å². The predicted molar refractivity (Wildman–Crippen MR) is 94.5 cm³/mol. The molecule has 0 radical (unpaired) electrons. The molecule has 2 rings (SSSR count).